The SMILES string of the molecule is CC(C)(C)NCCc1ccc(F)c(N)c1C=N. The molecule has 0 atom stereocenters. The molecular weight excluding hydrogens is 217 g/mol. The topological polar surface area (TPSA) is 61.9 Å². The maximum absolute atomic E-state index is 13.2. The van der Waals surface area contributed by atoms with Crippen LogP contribution in [0.1, 0.15) is 31.9 Å². The molecule has 1 aromatic rings. The quantitative estimate of drug-likeness (QED) is 0.556. The van der Waals surface area contributed by atoms with Gasteiger partial charge in [-0.1, -0.05) is 6.07 Å². The van der Waals surface area contributed by atoms with Gasteiger partial charge in [-0.15, -0.1) is 0 Å². The maximum atomic E-state index is 13.2. The predicted octanol–water partition coefficient (Wildman–Crippen LogP) is 2.34. The standard InChI is InChI=1S/C13H20FN3/c1-13(2,3)17-7-6-9-4-5-11(14)12(16)10(9)8-15/h4-5,8,15,17H,6-7,16H2,1-3H3. The zero-order valence-electron chi connectivity index (χ0n) is 10.6. The van der Waals surface area contributed by atoms with Crippen LogP contribution in [0.25, 0.3) is 0 Å². The van der Waals surface area contributed by atoms with Crippen LogP contribution in [0.4, 0.5) is 10.1 Å². The van der Waals surface area contributed by atoms with E-state index in [4.69, 9.17) is 11.1 Å². The Hall–Kier alpha value is -1.42. The Bertz CT molecular complexity index is 408. The molecule has 0 unspecified atom stereocenters. The van der Waals surface area contributed by atoms with Crippen molar-refractivity contribution in [1.29, 1.82) is 5.41 Å². The first kappa shape index (κ1) is 13.6. The lowest BCUT2D eigenvalue weighted by molar-refractivity contribution is 0.429. The van der Waals surface area contributed by atoms with Crippen LogP contribution >= 0.6 is 0 Å². The molecule has 0 fully saturated rings. The minimum Gasteiger partial charge on any atom is -0.396 e. The Morgan fingerprint density at radius 3 is 2.59 bits per heavy atom. The third-order valence-corrected chi connectivity index (χ3v) is 2.52. The highest BCUT2D eigenvalue weighted by atomic mass is 19.1. The van der Waals surface area contributed by atoms with E-state index < -0.39 is 5.82 Å². The van der Waals surface area contributed by atoms with Crippen LogP contribution in [0.5, 0.6) is 0 Å². The lowest BCUT2D eigenvalue weighted by atomic mass is 10.0. The number of rotatable bonds is 4. The summed E-state index contributed by atoms with van der Waals surface area (Å²) >= 11 is 0. The summed E-state index contributed by atoms with van der Waals surface area (Å²) in [5.41, 5.74) is 7.11. The highest BCUT2D eigenvalue weighted by Crippen LogP contribution is 2.19. The fraction of sp³-hybridized carbons (Fsp3) is 0.462. The molecule has 1 aromatic carbocycles. The maximum Gasteiger partial charge on any atom is 0.146 e. The number of nitrogens with two attached hydrogens (primary N) is 1. The van der Waals surface area contributed by atoms with Gasteiger partial charge in [-0.3, -0.25) is 0 Å². The van der Waals surface area contributed by atoms with E-state index in [1.54, 1.807) is 6.07 Å². The van der Waals surface area contributed by atoms with Gasteiger partial charge < -0.3 is 16.5 Å². The molecule has 0 aliphatic heterocycles. The second-order valence-corrected chi connectivity index (χ2v) is 5.10. The molecule has 0 aromatic heterocycles. The second kappa shape index (κ2) is 5.27. The molecule has 4 heteroatoms. The van der Waals surface area contributed by atoms with Crippen LogP contribution in [0.2, 0.25) is 0 Å². The molecule has 4 N–H and O–H groups in total. The van der Waals surface area contributed by atoms with Crippen molar-refractivity contribution in [2.45, 2.75) is 32.7 Å². The molecule has 0 heterocycles. The Balaban J connectivity index is 2.78. The van der Waals surface area contributed by atoms with Gasteiger partial charge in [0.2, 0.25) is 0 Å². The van der Waals surface area contributed by atoms with Crippen molar-refractivity contribution in [3.05, 3.63) is 29.1 Å². The zero-order chi connectivity index (χ0) is 13.1. The summed E-state index contributed by atoms with van der Waals surface area (Å²) in [4.78, 5) is 0. The minimum atomic E-state index is -0.462. The van der Waals surface area contributed by atoms with Crippen LogP contribution in [0.15, 0.2) is 12.1 Å². The van der Waals surface area contributed by atoms with E-state index in [0.717, 1.165) is 24.7 Å². The first-order valence-electron chi connectivity index (χ1n) is 5.67. The van der Waals surface area contributed by atoms with Crippen LogP contribution in [0, 0.1) is 11.2 Å². The van der Waals surface area contributed by atoms with Gasteiger partial charge in [0.1, 0.15) is 5.82 Å². The number of anilines is 1. The van der Waals surface area contributed by atoms with E-state index in [9.17, 15) is 4.39 Å². The molecule has 94 valence electrons. The van der Waals surface area contributed by atoms with Crippen molar-refractivity contribution in [3.8, 4) is 0 Å². The van der Waals surface area contributed by atoms with E-state index in [1.807, 2.05) is 0 Å². The number of halogens is 1. The van der Waals surface area contributed by atoms with Gasteiger partial charge in [0.15, 0.2) is 0 Å². The minimum absolute atomic E-state index is 0.0520. The summed E-state index contributed by atoms with van der Waals surface area (Å²) < 4.78 is 13.2. The van der Waals surface area contributed by atoms with Gasteiger partial charge in [0.05, 0.1) is 5.69 Å². The first-order valence-corrected chi connectivity index (χ1v) is 5.67. The van der Waals surface area contributed by atoms with Crippen LogP contribution in [0.3, 0.4) is 0 Å². The van der Waals surface area contributed by atoms with E-state index in [2.05, 4.69) is 26.1 Å². The molecule has 0 spiro atoms. The van der Waals surface area contributed by atoms with E-state index >= 15 is 0 Å². The van der Waals surface area contributed by atoms with Crippen LogP contribution in [-0.4, -0.2) is 18.3 Å². The molecule has 0 radical (unpaired) electrons. The molecule has 0 saturated carbocycles. The Morgan fingerprint density at radius 2 is 2.06 bits per heavy atom. The summed E-state index contributed by atoms with van der Waals surface area (Å²) in [7, 11) is 0. The summed E-state index contributed by atoms with van der Waals surface area (Å²) in [6.07, 6.45) is 1.84. The molecule has 0 amide bonds. The number of benzene rings is 1. The fourth-order valence-electron chi connectivity index (χ4n) is 1.62. The monoisotopic (exact) mass is 237 g/mol. The average molecular weight is 237 g/mol. The molecule has 0 aliphatic rings. The van der Waals surface area contributed by atoms with Crippen molar-refractivity contribution in [3.63, 3.8) is 0 Å². The molecule has 0 bridgehead atoms. The van der Waals surface area contributed by atoms with Crippen molar-refractivity contribution >= 4 is 11.9 Å². The molecule has 3 nitrogen and oxygen atoms in total. The molecular formula is C13H20FN3. The van der Waals surface area contributed by atoms with Crippen molar-refractivity contribution in [1.82, 2.24) is 5.32 Å². The van der Waals surface area contributed by atoms with Gasteiger partial charge in [-0.2, -0.15) is 0 Å². The number of nitrogen functional groups attached to an aromatic ring is 1. The summed E-state index contributed by atoms with van der Waals surface area (Å²) in [5.74, 6) is -0.462. The second-order valence-electron chi connectivity index (χ2n) is 5.10. The smallest absolute Gasteiger partial charge is 0.146 e. The highest BCUT2D eigenvalue weighted by molar-refractivity contribution is 5.87. The molecule has 1 rings (SSSR count). The molecule has 0 aliphatic carbocycles. The molecule has 0 saturated heterocycles. The van der Waals surface area contributed by atoms with Crippen LogP contribution < -0.4 is 11.1 Å². The number of nitrogens with one attached hydrogen (secondary N) is 2. The lowest BCUT2D eigenvalue weighted by Crippen LogP contribution is -2.37. The largest absolute Gasteiger partial charge is 0.396 e. The summed E-state index contributed by atoms with van der Waals surface area (Å²) in [6, 6.07) is 3.05. The van der Waals surface area contributed by atoms with Crippen molar-refractivity contribution in [2.75, 3.05) is 12.3 Å². The Morgan fingerprint density at radius 1 is 1.41 bits per heavy atom. The summed E-state index contributed by atoms with van der Waals surface area (Å²) in [6.45, 7) is 7.03. The van der Waals surface area contributed by atoms with Gasteiger partial charge in [0.25, 0.3) is 0 Å². The van der Waals surface area contributed by atoms with Gasteiger partial charge in [-0.05, 0) is 45.4 Å². The lowest BCUT2D eigenvalue weighted by Gasteiger charge is -2.21. The van der Waals surface area contributed by atoms with Gasteiger partial charge >= 0.3 is 0 Å². The number of hydrogen-bond acceptors (Lipinski definition) is 3. The molecule has 17 heavy (non-hydrogen) atoms. The third kappa shape index (κ3) is 3.82. The predicted molar refractivity (Wildman–Crippen MR) is 70.2 cm³/mol. The normalized spacial score (nSPS) is 11.5. The van der Waals surface area contributed by atoms with Gasteiger partial charge in [0, 0.05) is 17.3 Å². The van der Waals surface area contributed by atoms with E-state index in [-0.39, 0.29) is 11.2 Å². The summed E-state index contributed by atoms with van der Waals surface area (Å²) in [5, 5.41) is 10.6. The average Bonchev–Trinajstić information content (AvgIpc) is 2.22. The third-order valence-electron chi connectivity index (χ3n) is 2.52. The van der Waals surface area contributed by atoms with Crippen molar-refractivity contribution in [2.24, 2.45) is 0 Å². The van der Waals surface area contributed by atoms with Crippen LogP contribution in [-0.2, 0) is 6.42 Å². The van der Waals surface area contributed by atoms with Crippen molar-refractivity contribution < 1.29 is 4.39 Å². The number of hydrogen-bond donors (Lipinski definition) is 3. The first-order chi connectivity index (χ1) is 7.85. The Labute approximate surface area is 102 Å². The van der Waals surface area contributed by atoms with Gasteiger partial charge in [-0.25, -0.2) is 4.39 Å². The van der Waals surface area contributed by atoms with E-state index in [1.165, 1.54) is 6.07 Å². The fourth-order valence-corrected chi connectivity index (χ4v) is 1.62. The zero-order valence-corrected chi connectivity index (χ0v) is 10.6. The Kier molecular flexibility index (Phi) is 4.23. The van der Waals surface area contributed by atoms with E-state index in [0.29, 0.717) is 5.56 Å². The highest BCUT2D eigenvalue weighted by Gasteiger charge is 2.11.